The molecular formula is C22H25N5O7. The van der Waals surface area contributed by atoms with Crippen molar-refractivity contribution in [1.82, 2.24) is 15.0 Å². The number of nitrogens with one attached hydrogen (secondary N) is 2. The second-order valence-corrected chi connectivity index (χ2v) is 7.38. The third-order valence-corrected chi connectivity index (χ3v) is 4.86. The molecule has 0 aliphatic rings. The Kier molecular flexibility index (Phi) is 7.09. The summed E-state index contributed by atoms with van der Waals surface area (Å²) in [6.07, 6.45) is 2.87. The van der Waals surface area contributed by atoms with E-state index in [1.807, 2.05) is 6.07 Å². The lowest BCUT2D eigenvalue weighted by molar-refractivity contribution is -0.502. The minimum absolute atomic E-state index is 0.128. The Balaban J connectivity index is 2.05. The fraction of sp³-hybridized carbons (Fsp3) is 0.273. The van der Waals surface area contributed by atoms with E-state index in [0.29, 0.717) is 29.4 Å². The molecule has 0 saturated carbocycles. The van der Waals surface area contributed by atoms with Gasteiger partial charge in [0.25, 0.3) is 0 Å². The molecule has 0 spiro atoms. The van der Waals surface area contributed by atoms with Gasteiger partial charge in [-0.25, -0.2) is 15.0 Å². The van der Waals surface area contributed by atoms with Crippen molar-refractivity contribution in [2.45, 2.75) is 32.3 Å². The van der Waals surface area contributed by atoms with Crippen LogP contribution in [0.25, 0.3) is 11.3 Å². The monoisotopic (exact) mass is 471 g/mol. The van der Waals surface area contributed by atoms with Gasteiger partial charge in [-0.05, 0) is 43.7 Å². The molecule has 3 rings (SSSR count). The molecular weight excluding hydrogens is 446 g/mol. The fourth-order valence-electron chi connectivity index (χ4n) is 3.10. The first kappa shape index (κ1) is 25.0. The molecule has 0 bridgehead atoms. The molecule has 3 heterocycles. The molecule has 0 radical (unpaired) electrons. The number of aromatic nitrogens is 3. The summed E-state index contributed by atoms with van der Waals surface area (Å²) < 4.78 is 10.1. The summed E-state index contributed by atoms with van der Waals surface area (Å²) in [6, 6.07) is 8.26. The van der Waals surface area contributed by atoms with Crippen molar-refractivity contribution in [3.63, 3.8) is 0 Å². The Hall–Kier alpha value is -3.68. The van der Waals surface area contributed by atoms with Crippen LogP contribution < -0.4 is 14.8 Å². The summed E-state index contributed by atoms with van der Waals surface area (Å²) in [5.74, 6) is -7.79. The van der Waals surface area contributed by atoms with E-state index in [2.05, 4.69) is 20.3 Å². The van der Waals surface area contributed by atoms with Crippen molar-refractivity contribution in [2.24, 2.45) is 0 Å². The highest BCUT2D eigenvalue weighted by atomic mass is 16.8. The van der Waals surface area contributed by atoms with Gasteiger partial charge < -0.3 is 45.7 Å². The van der Waals surface area contributed by atoms with Crippen LogP contribution in [-0.2, 0) is 6.54 Å². The highest BCUT2D eigenvalue weighted by molar-refractivity contribution is 5.97. The molecule has 0 fully saturated rings. The maximum Gasteiger partial charge on any atom is 0.410 e. The van der Waals surface area contributed by atoms with Gasteiger partial charge >= 0.3 is 11.9 Å². The summed E-state index contributed by atoms with van der Waals surface area (Å²) in [7, 11) is 1.52. The van der Waals surface area contributed by atoms with Crippen molar-refractivity contribution >= 4 is 11.4 Å². The number of hydrogen-bond acceptors (Lipinski definition) is 12. The molecule has 0 saturated heterocycles. The Morgan fingerprint density at radius 1 is 1.06 bits per heavy atom. The van der Waals surface area contributed by atoms with E-state index in [0.717, 1.165) is 5.56 Å². The van der Waals surface area contributed by atoms with Crippen molar-refractivity contribution < 1.29 is 35.0 Å². The van der Waals surface area contributed by atoms with Crippen LogP contribution in [0.5, 0.6) is 11.8 Å². The van der Waals surface area contributed by atoms with Gasteiger partial charge in [-0.2, -0.15) is 0 Å². The lowest BCUT2D eigenvalue weighted by Crippen LogP contribution is -2.58. The number of rotatable bonds is 9. The lowest BCUT2D eigenvalue weighted by atomic mass is 10.1. The third-order valence-electron chi connectivity index (χ3n) is 4.86. The number of ether oxygens (including phenoxy) is 2. The number of pyridine rings is 3. The van der Waals surface area contributed by atoms with Crippen molar-refractivity contribution in [3.8, 4) is 23.0 Å². The molecule has 12 nitrogen and oxygen atoms in total. The predicted octanol–water partition coefficient (Wildman–Crippen LogP) is 0.503. The Labute approximate surface area is 194 Å². The molecule has 12 heteroatoms. The molecule has 3 aromatic rings. The predicted molar refractivity (Wildman–Crippen MR) is 120 cm³/mol. The summed E-state index contributed by atoms with van der Waals surface area (Å²) in [5.41, 5.74) is 2.96. The Morgan fingerprint density at radius 2 is 1.71 bits per heavy atom. The number of methoxy groups -OCH3 is 1. The average Bonchev–Trinajstić information content (AvgIpc) is 2.78. The van der Waals surface area contributed by atoms with Crippen LogP contribution in [0.2, 0.25) is 0 Å². The van der Waals surface area contributed by atoms with E-state index in [1.165, 1.54) is 25.4 Å². The van der Waals surface area contributed by atoms with Crippen LogP contribution in [0.3, 0.4) is 0 Å². The van der Waals surface area contributed by atoms with E-state index >= 15 is 0 Å². The van der Waals surface area contributed by atoms with E-state index < -0.39 is 17.8 Å². The third kappa shape index (κ3) is 5.27. The van der Waals surface area contributed by atoms with Crippen LogP contribution in [0, 0.1) is 12.3 Å². The molecule has 3 aromatic heterocycles. The highest BCUT2D eigenvalue weighted by Crippen LogP contribution is 2.33. The maximum absolute atomic E-state index is 9.74. The molecule has 34 heavy (non-hydrogen) atoms. The van der Waals surface area contributed by atoms with Crippen molar-refractivity contribution in [1.29, 1.82) is 5.41 Å². The zero-order valence-electron chi connectivity index (χ0n) is 18.6. The topological polar surface area (TPSA) is 194 Å². The second kappa shape index (κ2) is 9.67. The summed E-state index contributed by atoms with van der Waals surface area (Å²) >= 11 is 0. The van der Waals surface area contributed by atoms with Crippen LogP contribution >= 0.6 is 0 Å². The highest BCUT2D eigenvalue weighted by Gasteiger charge is 2.50. The molecule has 0 aromatic carbocycles. The zero-order chi connectivity index (χ0) is 25.1. The van der Waals surface area contributed by atoms with Gasteiger partial charge in [-0.1, -0.05) is 6.07 Å². The van der Waals surface area contributed by atoms with E-state index in [1.54, 1.807) is 32.2 Å². The van der Waals surface area contributed by atoms with E-state index in [-0.39, 0.29) is 17.0 Å². The van der Waals surface area contributed by atoms with Crippen LogP contribution in [-0.4, -0.2) is 65.3 Å². The van der Waals surface area contributed by atoms with E-state index in [4.69, 9.17) is 14.9 Å². The van der Waals surface area contributed by atoms with Crippen LogP contribution in [0.4, 0.5) is 5.69 Å². The summed E-state index contributed by atoms with van der Waals surface area (Å²) in [5, 5.41) is 58.4. The van der Waals surface area contributed by atoms with Crippen molar-refractivity contribution in [2.75, 3.05) is 12.4 Å². The second-order valence-electron chi connectivity index (χ2n) is 7.38. The quantitative estimate of drug-likeness (QED) is 0.170. The summed E-state index contributed by atoms with van der Waals surface area (Å²) in [6.45, 7) is 3.70. The average molecular weight is 471 g/mol. The summed E-state index contributed by atoms with van der Waals surface area (Å²) in [4.78, 5) is 12.5. The Bertz CT molecular complexity index is 1190. The molecule has 0 aliphatic heterocycles. The number of nitrogens with zero attached hydrogens (tertiary/aromatic N) is 3. The number of aliphatic hydroxyl groups is 5. The lowest BCUT2D eigenvalue weighted by Gasteiger charge is -2.29. The molecule has 0 unspecified atom stereocenters. The SMILES string of the molecule is COc1ncccc1CNc1cc(-c2cccnc2OC(O)(O)C(O)(O)O)nc(C(C)=N)c1C. The van der Waals surface area contributed by atoms with Gasteiger partial charge in [0.2, 0.25) is 11.8 Å². The van der Waals surface area contributed by atoms with Gasteiger partial charge in [-0.3, -0.25) is 0 Å². The first-order chi connectivity index (χ1) is 15.9. The van der Waals surface area contributed by atoms with Gasteiger partial charge in [0.05, 0.1) is 29.8 Å². The van der Waals surface area contributed by atoms with E-state index in [9.17, 15) is 25.5 Å². The van der Waals surface area contributed by atoms with Crippen LogP contribution in [0.1, 0.15) is 23.7 Å². The molecule has 0 atom stereocenters. The minimum atomic E-state index is -3.99. The first-order valence-electron chi connectivity index (χ1n) is 9.99. The number of anilines is 1. The molecule has 0 amide bonds. The largest absolute Gasteiger partial charge is 0.481 e. The first-order valence-corrected chi connectivity index (χ1v) is 9.99. The molecule has 180 valence electrons. The zero-order valence-corrected chi connectivity index (χ0v) is 18.6. The smallest absolute Gasteiger partial charge is 0.410 e. The fourth-order valence-corrected chi connectivity index (χ4v) is 3.10. The molecule has 0 aliphatic carbocycles. The van der Waals surface area contributed by atoms with Gasteiger partial charge in [0, 0.05) is 30.2 Å². The van der Waals surface area contributed by atoms with Gasteiger partial charge in [0.15, 0.2) is 0 Å². The Morgan fingerprint density at radius 3 is 2.32 bits per heavy atom. The van der Waals surface area contributed by atoms with Crippen LogP contribution in [0.15, 0.2) is 42.7 Å². The minimum Gasteiger partial charge on any atom is -0.481 e. The van der Waals surface area contributed by atoms with Gasteiger partial charge in [-0.15, -0.1) is 0 Å². The normalized spacial score (nSPS) is 11.8. The number of hydrogen-bond donors (Lipinski definition) is 7. The maximum atomic E-state index is 9.74. The van der Waals surface area contributed by atoms with Crippen molar-refractivity contribution in [3.05, 3.63) is 59.5 Å². The standard InChI is InChI=1S/C22H25N5O7/c1-12-16(26-11-14-6-4-8-24-19(14)33-3)10-17(27-18(12)13(2)23)15-7-5-9-25-20(15)34-22(31,32)21(28,29)30/h4-10,23,28-32H,11H2,1-3H3,(H,26,27). The molecule has 7 N–H and O–H groups in total. The van der Waals surface area contributed by atoms with Gasteiger partial charge in [0.1, 0.15) is 0 Å².